The summed E-state index contributed by atoms with van der Waals surface area (Å²) >= 11 is 3.31. The van der Waals surface area contributed by atoms with E-state index >= 15 is 0 Å². The summed E-state index contributed by atoms with van der Waals surface area (Å²) in [6.07, 6.45) is 0. The maximum atomic E-state index is 12.1. The van der Waals surface area contributed by atoms with E-state index in [1.165, 1.54) is 7.11 Å². The monoisotopic (exact) mass is 428 g/mol. The fourth-order valence-corrected chi connectivity index (χ4v) is 3.05. The molecule has 2 amide bonds. The van der Waals surface area contributed by atoms with Gasteiger partial charge in [-0.25, -0.2) is 0 Å². The van der Waals surface area contributed by atoms with Gasteiger partial charge in [0.1, 0.15) is 11.5 Å². The standard InChI is InChI=1S/C20H17BrN2O4/c1-26-18-10-9-14(11-16(18)21)20(25)23-22-19(24)12-27-17-8-4-6-13-5-2-3-7-15(13)17/h2-11H,12H2,1H3,(H,22,24)(H,23,25). The Morgan fingerprint density at radius 3 is 2.52 bits per heavy atom. The van der Waals surface area contributed by atoms with Gasteiger partial charge in [-0.15, -0.1) is 0 Å². The van der Waals surface area contributed by atoms with Crippen LogP contribution in [0.2, 0.25) is 0 Å². The largest absolute Gasteiger partial charge is 0.496 e. The van der Waals surface area contributed by atoms with Crippen LogP contribution in [0.25, 0.3) is 10.8 Å². The van der Waals surface area contributed by atoms with Crippen LogP contribution >= 0.6 is 15.9 Å². The summed E-state index contributed by atoms with van der Waals surface area (Å²) in [6, 6.07) is 18.2. The highest BCUT2D eigenvalue weighted by Crippen LogP contribution is 2.26. The number of amides is 2. The molecule has 0 radical (unpaired) electrons. The SMILES string of the molecule is COc1ccc(C(=O)NNC(=O)COc2cccc3ccccc23)cc1Br. The normalized spacial score (nSPS) is 10.3. The predicted molar refractivity (Wildman–Crippen MR) is 106 cm³/mol. The van der Waals surface area contributed by atoms with Gasteiger partial charge >= 0.3 is 0 Å². The number of ether oxygens (including phenoxy) is 2. The Labute approximate surface area is 164 Å². The van der Waals surface area contributed by atoms with Crippen LogP contribution < -0.4 is 20.3 Å². The summed E-state index contributed by atoms with van der Waals surface area (Å²) in [6.45, 7) is -0.222. The van der Waals surface area contributed by atoms with Gasteiger partial charge in [0.2, 0.25) is 0 Å². The summed E-state index contributed by atoms with van der Waals surface area (Å²) in [5, 5.41) is 1.94. The molecule has 3 aromatic carbocycles. The van der Waals surface area contributed by atoms with Gasteiger partial charge in [-0.2, -0.15) is 0 Å². The number of carbonyl (C=O) groups excluding carboxylic acids is 2. The third-order valence-electron chi connectivity index (χ3n) is 3.84. The molecule has 2 N–H and O–H groups in total. The lowest BCUT2D eigenvalue weighted by Gasteiger charge is -2.11. The van der Waals surface area contributed by atoms with Crippen molar-refractivity contribution >= 4 is 38.5 Å². The summed E-state index contributed by atoms with van der Waals surface area (Å²) in [5.41, 5.74) is 5.07. The number of benzene rings is 3. The second kappa shape index (κ2) is 8.55. The molecule has 0 spiro atoms. The quantitative estimate of drug-likeness (QED) is 0.610. The van der Waals surface area contributed by atoms with Crippen molar-refractivity contribution in [2.75, 3.05) is 13.7 Å². The van der Waals surface area contributed by atoms with Gasteiger partial charge in [0.25, 0.3) is 11.8 Å². The number of rotatable bonds is 5. The van der Waals surface area contributed by atoms with Crippen molar-refractivity contribution in [2.24, 2.45) is 0 Å². The van der Waals surface area contributed by atoms with E-state index in [0.717, 1.165) is 10.8 Å². The molecule has 0 aromatic heterocycles. The van der Waals surface area contributed by atoms with Gasteiger partial charge in [0, 0.05) is 10.9 Å². The van der Waals surface area contributed by atoms with Crippen molar-refractivity contribution in [1.29, 1.82) is 0 Å². The summed E-state index contributed by atoms with van der Waals surface area (Å²) < 4.78 is 11.3. The number of methoxy groups -OCH3 is 1. The molecule has 0 saturated carbocycles. The van der Waals surface area contributed by atoms with E-state index in [2.05, 4.69) is 26.8 Å². The number of hydrogen-bond acceptors (Lipinski definition) is 4. The molecule has 0 saturated heterocycles. The molecule has 0 aliphatic heterocycles. The minimum atomic E-state index is -0.469. The van der Waals surface area contributed by atoms with E-state index in [0.29, 0.717) is 21.5 Å². The summed E-state index contributed by atoms with van der Waals surface area (Å²) in [7, 11) is 1.54. The number of nitrogens with one attached hydrogen (secondary N) is 2. The van der Waals surface area contributed by atoms with Crippen LogP contribution in [-0.4, -0.2) is 25.5 Å². The molecule has 27 heavy (non-hydrogen) atoms. The Kier molecular flexibility index (Phi) is 5.93. The Hall–Kier alpha value is -3.06. The minimum absolute atomic E-state index is 0.222. The number of halogens is 1. The van der Waals surface area contributed by atoms with Crippen molar-refractivity contribution in [1.82, 2.24) is 10.9 Å². The Morgan fingerprint density at radius 1 is 0.963 bits per heavy atom. The molecule has 0 atom stereocenters. The molecule has 0 fully saturated rings. The Balaban J connectivity index is 1.55. The molecule has 0 bridgehead atoms. The molecular weight excluding hydrogens is 412 g/mol. The molecule has 3 rings (SSSR count). The van der Waals surface area contributed by atoms with Crippen molar-refractivity contribution in [2.45, 2.75) is 0 Å². The Morgan fingerprint density at radius 2 is 1.74 bits per heavy atom. The van der Waals surface area contributed by atoms with Crippen LogP contribution in [-0.2, 0) is 4.79 Å². The predicted octanol–water partition coefficient (Wildman–Crippen LogP) is 3.45. The van der Waals surface area contributed by atoms with Crippen molar-refractivity contribution in [3.63, 3.8) is 0 Å². The molecule has 0 heterocycles. The van der Waals surface area contributed by atoms with E-state index in [1.54, 1.807) is 24.3 Å². The lowest BCUT2D eigenvalue weighted by Crippen LogP contribution is -2.43. The maximum Gasteiger partial charge on any atom is 0.276 e. The van der Waals surface area contributed by atoms with E-state index in [-0.39, 0.29) is 6.61 Å². The topological polar surface area (TPSA) is 76.7 Å². The third kappa shape index (κ3) is 4.57. The third-order valence-corrected chi connectivity index (χ3v) is 4.46. The Bertz CT molecular complexity index is 985. The minimum Gasteiger partial charge on any atom is -0.496 e. The van der Waals surface area contributed by atoms with Gasteiger partial charge in [0.15, 0.2) is 6.61 Å². The van der Waals surface area contributed by atoms with Crippen LogP contribution in [0, 0.1) is 0 Å². The fourth-order valence-electron chi connectivity index (χ4n) is 2.51. The van der Waals surface area contributed by atoms with Crippen LogP contribution in [0.15, 0.2) is 65.1 Å². The molecule has 138 valence electrons. The van der Waals surface area contributed by atoms with Crippen molar-refractivity contribution in [3.8, 4) is 11.5 Å². The van der Waals surface area contributed by atoms with Gasteiger partial charge in [-0.05, 0) is 45.6 Å². The van der Waals surface area contributed by atoms with Gasteiger partial charge in [-0.1, -0.05) is 36.4 Å². The van der Waals surface area contributed by atoms with Gasteiger partial charge < -0.3 is 9.47 Å². The molecule has 0 aliphatic rings. The highest BCUT2D eigenvalue weighted by atomic mass is 79.9. The number of hydrogen-bond donors (Lipinski definition) is 2. The highest BCUT2D eigenvalue weighted by molar-refractivity contribution is 9.10. The lowest BCUT2D eigenvalue weighted by molar-refractivity contribution is -0.123. The first-order valence-corrected chi connectivity index (χ1v) is 8.91. The molecule has 0 unspecified atom stereocenters. The fraction of sp³-hybridized carbons (Fsp3) is 0.100. The maximum absolute atomic E-state index is 12.1. The summed E-state index contributed by atoms with van der Waals surface area (Å²) in [5.74, 6) is 0.300. The van der Waals surface area contributed by atoms with E-state index < -0.39 is 11.8 Å². The van der Waals surface area contributed by atoms with Crippen molar-refractivity contribution in [3.05, 3.63) is 70.7 Å². The van der Waals surface area contributed by atoms with Crippen LogP contribution in [0.1, 0.15) is 10.4 Å². The van der Waals surface area contributed by atoms with Crippen LogP contribution in [0.4, 0.5) is 0 Å². The molecule has 3 aromatic rings. The van der Waals surface area contributed by atoms with E-state index in [1.807, 2.05) is 36.4 Å². The average Bonchev–Trinajstić information content (AvgIpc) is 2.70. The second-order valence-electron chi connectivity index (χ2n) is 5.62. The van der Waals surface area contributed by atoms with E-state index in [4.69, 9.17) is 9.47 Å². The van der Waals surface area contributed by atoms with Crippen LogP contribution in [0.3, 0.4) is 0 Å². The zero-order valence-corrected chi connectivity index (χ0v) is 16.1. The number of fused-ring (bicyclic) bond motifs is 1. The smallest absolute Gasteiger partial charge is 0.276 e. The zero-order chi connectivity index (χ0) is 19.2. The first-order chi connectivity index (χ1) is 13.1. The zero-order valence-electron chi connectivity index (χ0n) is 14.5. The lowest BCUT2D eigenvalue weighted by atomic mass is 10.1. The second-order valence-corrected chi connectivity index (χ2v) is 6.47. The number of hydrazine groups is 1. The summed E-state index contributed by atoms with van der Waals surface area (Å²) in [4.78, 5) is 24.1. The molecule has 7 heteroatoms. The van der Waals surface area contributed by atoms with Crippen LogP contribution in [0.5, 0.6) is 11.5 Å². The number of carbonyl (C=O) groups is 2. The highest BCUT2D eigenvalue weighted by Gasteiger charge is 2.11. The average molecular weight is 429 g/mol. The van der Waals surface area contributed by atoms with Crippen molar-refractivity contribution < 1.29 is 19.1 Å². The van der Waals surface area contributed by atoms with E-state index in [9.17, 15) is 9.59 Å². The molecule has 6 nitrogen and oxygen atoms in total. The first-order valence-electron chi connectivity index (χ1n) is 8.12. The van der Waals surface area contributed by atoms with Gasteiger partial charge in [0.05, 0.1) is 11.6 Å². The molecule has 0 aliphatic carbocycles. The van der Waals surface area contributed by atoms with Gasteiger partial charge in [-0.3, -0.25) is 20.4 Å². The first kappa shape index (κ1) is 18.7. The molecular formula is C20H17BrN2O4.